The molecule has 0 aliphatic heterocycles. The van der Waals surface area contributed by atoms with E-state index >= 15 is 0 Å². The van der Waals surface area contributed by atoms with Gasteiger partial charge >= 0.3 is 0 Å². The summed E-state index contributed by atoms with van der Waals surface area (Å²) >= 11 is 10.1. The van der Waals surface area contributed by atoms with Crippen LogP contribution >= 0.6 is 23.2 Å². The van der Waals surface area contributed by atoms with Gasteiger partial charge in [0.1, 0.15) is 0 Å². The zero-order valence-electron chi connectivity index (χ0n) is 5.86. The van der Waals surface area contributed by atoms with E-state index in [1.165, 1.54) is 6.08 Å². The fourth-order valence-electron chi connectivity index (χ4n) is 0.102. The molecular formula is C6H11Cl2NO. The first-order valence-corrected chi connectivity index (χ1v) is 3.75. The first-order chi connectivity index (χ1) is 4.72. The summed E-state index contributed by atoms with van der Waals surface area (Å²) in [6, 6.07) is 0. The minimum Gasteiger partial charge on any atom is -0.356 e. The molecule has 0 saturated carbocycles. The van der Waals surface area contributed by atoms with Crippen LogP contribution in [0.3, 0.4) is 0 Å². The number of nitrogens with one attached hydrogen (secondary N) is 1. The van der Waals surface area contributed by atoms with Crippen LogP contribution in [-0.4, -0.2) is 24.7 Å². The molecule has 0 unspecified atom stereocenters. The average molecular weight is 184 g/mol. The summed E-state index contributed by atoms with van der Waals surface area (Å²) in [7, 11) is 1.56. The molecule has 0 aromatic carbocycles. The monoisotopic (exact) mass is 183 g/mol. The van der Waals surface area contributed by atoms with Crippen molar-refractivity contribution in [1.82, 2.24) is 5.32 Å². The maximum atomic E-state index is 9.95. The van der Waals surface area contributed by atoms with E-state index in [1.807, 2.05) is 0 Å². The van der Waals surface area contributed by atoms with Gasteiger partial charge in [0.05, 0.1) is 0 Å². The molecule has 1 N–H and O–H groups in total. The Hall–Kier alpha value is -0.210. The van der Waals surface area contributed by atoms with Gasteiger partial charge in [-0.2, -0.15) is 0 Å². The van der Waals surface area contributed by atoms with E-state index in [9.17, 15) is 4.79 Å². The van der Waals surface area contributed by atoms with Crippen molar-refractivity contribution in [1.29, 1.82) is 0 Å². The molecule has 0 fully saturated rings. The van der Waals surface area contributed by atoms with Gasteiger partial charge in [0.15, 0.2) is 0 Å². The van der Waals surface area contributed by atoms with Gasteiger partial charge in [0.25, 0.3) is 0 Å². The Morgan fingerprint density at radius 2 is 2.00 bits per heavy atom. The molecule has 0 aliphatic rings. The number of rotatable bonds is 2. The molecule has 0 aromatic rings. The van der Waals surface area contributed by atoms with Crippen molar-refractivity contribution in [2.24, 2.45) is 0 Å². The van der Waals surface area contributed by atoms with Crippen molar-refractivity contribution in [3.8, 4) is 0 Å². The first-order valence-electron chi connectivity index (χ1n) is 2.69. The average Bonchev–Trinajstić information content (AvgIpc) is 2.03. The van der Waals surface area contributed by atoms with Crippen LogP contribution in [0.4, 0.5) is 0 Å². The Morgan fingerprint density at radius 1 is 1.60 bits per heavy atom. The lowest BCUT2D eigenvalue weighted by atomic mass is 10.6. The van der Waals surface area contributed by atoms with Crippen molar-refractivity contribution < 1.29 is 4.79 Å². The Labute approximate surface area is 71.2 Å². The van der Waals surface area contributed by atoms with Gasteiger partial charge in [-0.3, -0.25) is 4.79 Å². The highest BCUT2D eigenvalue weighted by atomic mass is 35.5. The van der Waals surface area contributed by atoms with E-state index in [-0.39, 0.29) is 5.91 Å². The summed E-state index contributed by atoms with van der Waals surface area (Å²) < 4.78 is 0. The van der Waals surface area contributed by atoms with E-state index in [1.54, 1.807) is 7.05 Å². The second-order valence-electron chi connectivity index (χ2n) is 1.20. The number of likely N-dealkylation sites (N-methyl/N-ethyl adjacent to an activating group) is 1. The fourth-order valence-corrected chi connectivity index (χ4v) is 0.102. The maximum Gasteiger partial charge on any atom is 0.243 e. The topological polar surface area (TPSA) is 29.1 Å². The van der Waals surface area contributed by atoms with E-state index in [0.29, 0.717) is 11.8 Å². The van der Waals surface area contributed by atoms with E-state index in [4.69, 9.17) is 23.2 Å². The van der Waals surface area contributed by atoms with Crippen molar-refractivity contribution >= 4 is 29.1 Å². The van der Waals surface area contributed by atoms with Gasteiger partial charge in [-0.25, -0.2) is 0 Å². The smallest absolute Gasteiger partial charge is 0.243 e. The van der Waals surface area contributed by atoms with E-state index in [0.717, 1.165) is 0 Å². The number of carbonyl (C=O) groups is 1. The fraction of sp³-hybridized carbons (Fsp3) is 0.500. The molecule has 10 heavy (non-hydrogen) atoms. The molecule has 60 valence electrons. The third kappa shape index (κ3) is 15.7. The van der Waals surface area contributed by atoms with E-state index < -0.39 is 0 Å². The standard InChI is InChI=1S/C4H7NO.C2H4Cl2/c1-3-4(6)5-2;3-1-2-4/h3H,1H2,2H3,(H,5,6);1-2H2. The highest BCUT2D eigenvalue weighted by molar-refractivity contribution is 6.25. The summed E-state index contributed by atoms with van der Waals surface area (Å²) in [4.78, 5) is 9.95. The van der Waals surface area contributed by atoms with Crippen LogP contribution in [0.25, 0.3) is 0 Å². The Bertz CT molecular complexity index is 93.7. The second kappa shape index (κ2) is 11.6. The Balaban J connectivity index is 0. The Morgan fingerprint density at radius 3 is 2.00 bits per heavy atom. The summed E-state index contributed by atoms with van der Waals surface area (Å²) in [6.07, 6.45) is 1.22. The van der Waals surface area contributed by atoms with Crippen molar-refractivity contribution in [2.45, 2.75) is 0 Å². The number of halogens is 2. The number of alkyl halides is 2. The lowest BCUT2D eigenvalue weighted by Crippen LogP contribution is -2.13. The minimum atomic E-state index is -0.144. The number of amides is 1. The molecule has 0 saturated heterocycles. The van der Waals surface area contributed by atoms with Crippen LogP contribution in [0.2, 0.25) is 0 Å². The lowest BCUT2D eigenvalue weighted by Gasteiger charge is -1.82. The molecule has 0 rings (SSSR count). The van der Waals surface area contributed by atoms with E-state index in [2.05, 4.69) is 11.9 Å². The van der Waals surface area contributed by atoms with Gasteiger partial charge in [0.2, 0.25) is 5.91 Å². The predicted octanol–water partition coefficient (Wildman–Crippen LogP) is 1.38. The number of carbonyl (C=O) groups excluding carboxylic acids is 1. The Kier molecular flexibility index (Phi) is 14.4. The summed E-state index contributed by atoms with van der Waals surface area (Å²) in [5.41, 5.74) is 0. The normalized spacial score (nSPS) is 7.10. The summed E-state index contributed by atoms with van der Waals surface area (Å²) in [5, 5.41) is 2.36. The molecule has 0 heterocycles. The maximum absolute atomic E-state index is 9.95. The second-order valence-corrected chi connectivity index (χ2v) is 1.95. The van der Waals surface area contributed by atoms with Crippen LogP contribution in [0.1, 0.15) is 0 Å². The molecule has 0 atom stereocenters. The van der Waals surface area contributed by atoms with Gasteiger partial charge in [-0.1, -0.05) is 6.58 Å². The van der Waals surface area contributed by atoms with Crippen LogP contribution in [0, 0.1) is 0 Å². The molecule has 0 spiro atoms. The van der Waals surface area contributed by atoms with Crippen LogP contribution in [0.15, 0.2) is 12.7 Å². The van der Waals surface area contributed by atoms with Crippen LogP contribution in [-0.2, 0) is 4.79 Å². The van der Waals surface area contributed by atoms with Crippen molar-refractivity contribution in [3.05, 3.63) is 12.7 Å². The molecule has 0 radical (unpaired) electrons. The molecule has 0 bridgehead atoms. The van der Waals surface area contributed by atoms with Crippen LogP contribution < -0.4 is 5.32 Å². The number of hydrogen-bond donors (Lipinski definition) is 1. The molecule has 4 heteroatoms. The van der Waals surface area contributed by atoms with Gasteiger partial charge in [-0.15, -0.1) is 23.2 Å². The molecule has 0 aliphatic carbocycles. The van der Waals surface area contributed by atoms with Gasteiger partial charge < -0.3 is 5.32 Å². The molecular weight excluding hydrogens is 173 g/mol. The highest BCUT2D eigenvalue weighted by Crippen LogP contribution is 1.75. The zero-order chi connectivity index (χ0) is 8.41. The van der Waals surface area contributed by atoms with Crippen molar-refractivity contribution in [3.63, 3.8) is 0 Å². The van der Waals surface area contributed by atoms with Gasteiger partial charge in [0, 0.05) is 18.8 Å². The predicted molar refractivity (Wildman–Crippen MR) is 45.7 cm³/mol. The molecule has 0 aromatic heterocycles. The molecule has 1 amide bonds. The third-order valence-electron chi connectivity index (χ3n) is 0.503. The summed E-state index contributed by atoms with van der Waals surface area (Å²) in [5.74, 6) is 0.971. The van der Waals surface area contributed by atoms with Gasteiger partial charge in [-0.05, 0) is 6.08 Å². The number of hydrogen-bond acceptors (Lipinski definition) is 1. The quantitative estimate of drug-likeness (QED) is 0.509. The third-order valence-corrected chi connectivity index (χ3v) is 1.07. The lowest BCUT2D eigenvalue weighted by molar-refractivity contribution is -0.116. The zero-order valence-corrected chi connectivity index (χ0v) is 7.37. The minimum absolute atomic E-state index is 0.144. The van der Waals surface area contributed by atoms with Crippen molar-refractivity contribution in [2.75, 3.05) is 18.8 Å². The first kappa shape index (κ1) is 12.5. The van der Waals surface area contributed by atoms with Crippen LogP contribution in [0.5, 0.6) is 0 Å². The highest BCUT2D eigenvalue weighted by Gasteiger charge is 1.78. The molecule has 2 nitrogen and oxygen atoms in total. The summed E-state index contributed by atoms with van der Waals surface area (Å²) in [6.45, 7) is 3.22. The largest absolute Gasteiger partial charge is 0.356 e. The SMILES string of the molecule is C=CC(=O)NC.ClCCCl.